The van der Waals surface area contributed by atoms with Crippen LogP contribution in [-0.4, -0.2) is 30.0 Å². The molecule has 0 fully saturated rings. The van der Waals surface area contributed by atoms with Crippen molar-refractivity contribution < 1.29 is 31.9 Å². The number of rotatable bonds is 11. The van der Waals surface area contributed by atoms with Crippen LogP contribution < -0.4 is 14.8 Å². The molecule has 0 radical (unpaired) electrons. The largest absolute Gasteiger partial charge is 0.497 e. The number of halogens is 3. The minimum absolute atomic E-state index is 0.113. The lowest BCUT2D eigenvalue weighted by molar-refractivity contribution is -0.137. The lowest BCUT2D eigenvalue weighted by Crippen LogP contribution is -2.24. The van der Waals surface area contributed by atoms with E-state index >= 15 is 0 Å². The predicted octanol–water partition coefficient (Wildman–Crippen LogP) is 5.84. The second-order valence-corrected chi connectivity index (χ2v) is 8.82. The molecule has 39 heavy (non-hydrogen) atoms. The topological polar surface area (TPSA) is 76.8 Å². The molecule has 0 spiro atoms. The zero-order valence-corrected chi connectivity index (χ0v) is 21.5. The lowest BCUT2D eigenvalue weighted by Gasteiger charge is -2.23. The van der Waals surface area contributed by atoms with Gasteiger partial charge in [0, 0.05) is 31.3 Å². The summed E-state index contributed by atoms with van der Waals surface area (Å²) in [6.07, 6.45) is -3.18. The molecule has 0 aliphatic carbocycles. The second kappa shape index (κ2) is 12.5. The van der Waals surface area contributed by atoms with Crippen LogP contribution in [0.3, 0.4) is 0 Å². The molecule has 0 aliphatic heterocycles. The number of methoxy groups -OCH3 is 2. The number of oxazole rings is 1. The number of carbonyl (C=O) groups is 1. The highest BCUT2D eigenvalue weighted by molar-refractivity contribution is 5.91. The Hall–Kier alpha value is -4.31. The third-order valence-corrected chi connectivity index (χ3v) is 5.99. The first-order valence-electron chi connectivity index (χ1n) is 12.1. The van der Waals surface area contributed by atoms with E-state index in [0.717, 1.165) is 23.3 Å². The minimum Gasteiger partial charge on any atom is -0.497 e. The average Bonchev–Trinajstić information content (AvgIpc) is 3.40. The molecule has 3 aromatic carbocycles. The molecule has 10 heteroatoms. The van der Waals surface area contributed by atoms with Crippen molar-refractivity contribution in [2.75, 3.05) is 14.2 Å². The van der Waals surface area contributed by atoms with Crippen LogP contribution in [0, 0.1) is 0 Å². The molecule has 0 saturated carbocycles. The highest BCUT2D eigenvalue weighted by atomic mass is 19.4. The van der Waals surface area contributed by atoms with Crippen molar-refractivity contribution in [3.63, 3.8) is 0 Å². The van der Waals surface area contributed by atoms with Gasteiger partial charge >= 0.3 is 6.18 Å². The minimum atomic E-state index is -4.45. The monoisotopic (exact) mass is 539 g/mol. The molecular weight excluding hydrogens is 511 g/mol. The summed E-state index contributed by atoms with van der Waals surface area (Å²) in [5.74, 6) is 1.03. The summed E-state index contributed by atoms with van der Waals surface area (Å²) < 4.78 is 56.3. The summed E-state index contributed by atoms with van der Waals surface area (Å²) in [5, 5.41) is 2.80. The Morgan fingerprint density at radius 3 is 2.41 bits per heavy atom. The summed E-state index contributed by atoms with van der Waals surface area (Å²) in [6.45, 7) is 0.941. The van der Waals surface area contributed by atoms with Crippen LogP contribution >= 0.6 is 0 Å². The molecule has 1 heterocycles. The van der Waals surface area contributed by atoms with Crippen LogP contribution in [0.15, 0.2) is 83.5 Å². The number of ether oxygens (including phenoxy) is 2. The normalized spacial score (nSPS) is 11.4. The molecule has 4 rings (SSSR count). The lowest BCUT2D eigenvalue weighted by atomic mass is 10.1. The van der Waals surface area contributed by atoms with Crippen molar-refractivity contribution in [2.45, 2.75) is 32.4 Å². The van der Waals surface area contributed by atoms with Crippen LogP contribution in [0.25, 0.3) is 0 Å². The maximum absolute atomic E-state index is 13.3. The zero-order valence-electron chi connectivity index (χ0n) is 21.5. The van der Waals surface area contributed by atoms with E-state index in [2.05, 4.69) is 10.3 Å². The van der Waals surface area contributed by atoms with Crippen LogP contribution in [0.5, 0.6) is 11.5 Å². The van der Waals surface area contributed by atoms with Crippen LogP contribution in [0.4, 0.5) is 13.2 Å². The van der Waals surface area contributed by atoms with E-state index in [1.54, 1.807) is 25.3 Å². The molecule has 0 saturated heterocycles. The van der Waals surface area contributed by atoms with E-state index in [1.807, 2.05) is 41.3 Å². The number of alkyl halides is 3. The van der Waals surface area contributed by atoms with Crippen molar-refractivity contribution in [3.8, 4) is 11.5 Å². The Balaban J connectivity index is 1.53. The molecule has 1 N–H and O–H groups in total. The quantitative estimate of drug-likeness (QED) is 0.258. The summed E-state index contributed by atoms with van der Waals surface area (Å²) >= 11 is 0. The van der Waals surface area contributed by atoms with E-state index in [-0.39, 0.29) is 24.7 Å². The average molecular weight is 540 g/mol. The molecule has 1 amide bonds. The fraction of sp³-hybridized carbons (Fsp3) is 0.241. The Labute approximate surface area is 224 Å². The summed E-state index contributed by atoms with van der Waals surface area (Å²) in [6, 6.07) is 20.0. The fourth-order valence-electron chi connectivity index (χ4n) is 4.04. The number of nitrogens with zero attached hydrogens (tertiary/aromatic N) is 2. The van der Waals surface area contributed by atoms with Crippen molar-refractivity contribution >= 4 is 5.91 Å². The molecule has 204 valence electrons. The van der Waals surface area contributed by atoms with Gasteiger partial charge in [0.2, 0.25) is 5.89 Å². The Bertz CT molecular complexity index is 1390. The first-order valence-corrected chi connectivity index (χ1v) is 12.1. The van der Waals surface area contributed by atoms with Gasteiger partial charge in [-0.25, -0.2) is 4.98 Å². The number of benzene rings is 3. The van der Waals surface area contributed by atoms with Gasteiger partial charge < -0.3 is 19.2 Å². The third-order valence-electron chi connectivity index (χ3n) is 5.99. The smallest absolute Gasteiger partial charge is 0.416 e. The van der Waals surface area contributed by atoms with Crippen molar-refractivity contribution in [2.24, 2.45) is 0 Å². The molecule has 0 unspecified atom stereocenters. The number of carbonyl (C=O) groups excluding carboxylic acids is 1. The maximum Gasteiger partial charge on any atom is 0.416 e. The highest BCUT2D eigenvalue weighted by Crippen LogP contribution is 2.31. The molecular formula is C29H28F3N3O4. The molecule has 0 bridgehead atoms. The van der Waals surface area contributed by atoms with Crippen LogP contribution in [0.2, 0.25) is 0 Å². The van der Waals surface area contributed by atoms with Gasteiger partial charge in [0.05, 0.1) is 26.3 Å². The molecule has 0 atom stereocenters. The predicted molar refractivity (Wildman–Crippen MR) is 138 cm³/mol. The van der Waals surface area contributed by atoms with Crippen molar-refractivity contribution in [1.82, 2.24) is 15.2 Å². The Morgan fingerprint density at radius 2 is 1.69 bits per heavy atom. The Kier molecular flexibility index (Phi) is 8.88. The highest BCUT2D eigenvalue weighted by Gasteiger charge is 2.30. The molecule has 1 aromatic heterocycles. The Morgan fingerprint density at radius 1 is 0.923 bits per heavy atom. The number of aromatic nitrogens is 1. The van der Waals surface area contributed by atoms with Gasteiger partial charge in [0.25, 0.3) is 5.91 Å². The van der Waals surface area contributed by atoms with E-state index in [9.17, 15) is 18.0 Å². The SMILES string of the molecule is COc1ccc(CN(Cc2cccc(C(F)(F)F)c2)Cc2nc(C(=O)NCc3ccccc3)co2)c(OC)c1. The maximum atomic E-state index is 13.3. The third kappa shape index (κ3) is 7.61. The number of hydrogen-bond donors (Lipinski definition) is 1. The van der Waals surface area contributed by atoms with Gasteiger partial charge in [-0.3, -0.25) is 9.69 Å². The number of amides is 1. The van der Waals surface area contributed by atoms with Gasteiger partial charge in [-0.2, -0.15) is 13.2 Å². The second-order valence-electron chi connectivity index (χ2n) is 8.82. The fourth-order valence-corrected chi connectivity index (χ4v) is 4.04. The van der Waals surface area contributed by atoms with Gasteiger partial charge in [-0.15, -0.1) is 0 Å². The summed E-state index contributed by atoms with van der Waals surface area (Å²) in [5.41, 5.74) is 1.58. The van der Waals surface area contributed by atoms with E-state index in [0.29, 0.717) is 30.2 Å². The number of hydrogen-bond acceptors (Lipinski definition) is 6. The van der Waals surface area contributed by atoms with Gasteiger partial charge in [0.1, 0.15) is 17.8 Å². The molecule has 4 aromatic rings. The first-order chi connectivity index (χ1) is 18.7. The van der Waals surface area contributed by atoms with Gasteiger partial charge in [-0.05, 0) is 23.3 Å². The van der Waals surface area contributed by atoms with Crippen molar-refractivity contribution in [1.29, 1.82) is 0 Å². The van der Waals surface area contributed by atoms with Gasteiger partial charge in [-0.1, -0.05) is 54.6 Å². The van der Waals surface area contributed by atoms with Crippen LogP contribution in [-0.2, 0) is 32.4 Å². The van der Waals surface area contributed by atoms with Crippen molar-refractivity contribution in [3.05, 3.63) is 113 Å². The number of nitrogens with one attached hydrogen (secondary N) is 1. The molecule has 0 aliphatic rings. The zero-order chi connectivity index (χ0) is 27.8. The first kappa shape index (κ1) is 27.7. The van der Waals surface area contributed by atoms with E-state index in [4.69, 9.17) is 13.9 Å². The summed E-state index contributed by atoms with van der Waals surface area (Å²) in [7, 11) is 3.08. The van der Waals surface area contributed by atoms with Gasteiger partial charge in [0.15, 0.2) is 5.69 Å². The summed E-state index contributed by atoms with van der Waals surface area (Å²) in [4.78, 5) is 18.8. The van der Waals surface area contributed by atoms with E-state index in [1.165, 1.54) is 19.4 Å². The van der Waals surface area contributed by atoms with Crippen LogP contribution in [0.1, 0.15) is 38.6 Å². The molecule has 7 nitrogen and oxygen atoms in total. The van der Waals surface area contributed by atoms with E-state index < -0.39 is 17.6 Å². The standard InChI is InChI=1S/C29H28F3N3O4/c1-37-24-12-11-22(26(14-24)38-2)17-35(16-21-9-6-10-23(13-21)29(30,31)32)18-27-34-25(19-39-27)28(36)33-15-20-7-4-3-5-8-20/h3-14,19H,15-18H2,1-2H3,(H,33,36).